The first kappa shape index (κ1) is 11.2. The molecule has 0 atom stereocenters. The summed E-state index contributed by atoms with van der Waals surface area (Å²) in [6.07, 6.45) is 5.59. The molecule has 2 aromatic rings. The maximum atomic E-state index is 5.70. The number of pyridine rings is 1. The van der Waals surface area contributed by atoms with Gasteiger partial charge in [-0.25, -0.2) is 4.98 Å². The second-order valence-corrected chi connectivity index (χ2v) is 3.52. The third kappa shape index (κ3) is 3.34. The second kappa shape index (κ2) is 5.70. The molecular formula is C14H14N2O. The molecule has 3 heteroatoms. The number of nitrogen functional groups attached to an aromatic ring is 1. The topological polar surface area (TPSA) is 48.1 Å². The summed E-state index contributed by atoms with van der Waals surface area (Å²) in [5.41, 5.74) is 7.40. The van der Waals surface area contributed by atoms with Crippen LogP contribution in [0.2, 0.25) is 0 Å². The van der Waals surface area contributed by atoms with E-state index in [9.17, 15) is 0 Å². The molecule has 17 heavy (non-hydrogen) atoms. The molecule has 0 radical (unpaired) electrons. The number of rotatable bonds is 4. The van der Waals surface area contributed by atoms with Crippen molar-refractivity contribution >= 4 is 11.8 Å². The molecule has 2 N–H and O–H groups in total. The molecule has 3 nitrogen and oxygen atoms in total. The van der Waals surface area contributed by atoms with E-state index in [4.69, 9.17) is 10.5 Å². The Hall–Kier alpha value is -2.29. The highest BCUT2D eigenvalue weighted by Crippen LogP contribution is 2.15. The van der Waals surface area contributed by atoms with Crippen molar-refractivity contribution in [3.8, 4) is 5.88 Å². The van der Waals surface area contributed by atoms with Crippen molar-refractivity contribution in [3.63, 3.8) is 0 Å². The van der Waals surface area contributed by atoms with Crippen LogP contribution in [0.5, 0.6) is 5.88 Å². The Labute approximate surface area is 101 Å². The summed E-state index contributed by atoms with van der Waals surface area (Å²) in [6.45, 7) is 0.454. The molecular weight excluding hydrogens is 212 g/mol. The normalized spacial score (nSPS) is 10.6. The summed E-state index contributed by atoms with van der Waals surface area (Å²) >= 11 is 0. The molecule has 0 saturated carbocycles. The number of nitrogens with zero attached hydrogens (tertiary/aromatic N) is 1. The molecule has 2 rings (SSSR count). The number of hydrogen-bond donors (Lipinski definition) is 1. The van der Waals surface area contributed by atoms with Crippen LogP contribution >= 0.6 is 0 Å². The Morgan fingerprint density at radius 1 is 1.12 bits per heavy atom. The van der Waals surface area contributed by atoms with E-state index in [1.807, 2.05) is 42.5 Å². The highest BCUT2D eigenvalue weighted by atomic mass is 16.5. The van der Waals surface area contributed by atoms with Crippen LogP contribution in [0.15, 0.2) is 54.7 Å². The van der Waals surface area contributed by atoms with Gasteiger partial charge in [0.1, 0.15) is 6.61 Å². The molecule has 0 aliphatic heterocycles. The van der Waals surface area contributed by atoms with Gasteiger partial charge in [0.15, 0.2) is 0 Å². The molecule has 1 aromatic heterocycles. The Kier molecular flexibility index (Phi) is 3.76. The van der Waals surface area contributed by atoms with Crippen molar-refractivity contribution in [1.29, 1.82) is 0 Å². The van der Waals surface area contributed by atoms with Crippen LogP contribution in [0.3, 0.4) is 0 Å². The Morgan fingerprint density at radius 2 is 1.94 bits per heavy atom. The maximum Gasteiger partial charge on any atom is 0.237 e. The molecule has 0 saturated heterocycles. The van der Waals surface area contributed by atoms with Gasteiger partial charge in [-0.05, 0) is 23.8 Å². The fraction of sp³-hybridized carbons (Fsp3) is 0.0714. The number of nitrogens with two attached hydrogens (primary N) is 1. The van der Waals surface area contributed by atoms with Gasteiger partial charge in [0.25, 0.3) is 0 Å². The van der Waals surface area contributed by atoms with Crippen molar-refractivity contribution < 1.29 is 4.74 Å². The summed E-state index contributed by atoms with van der Waals surface area (Å²) in [6, 6.07) is 13.6. The molecule has 86 valence electrons. The third-order valence-electron chi connectivity index (χ3n) is 2.23. The van der Waals surface area contributed by atoms with Gasteiger partial charge in [-0.2, -0.15) is 0 Å². The average Bonchev–Trinajstić information content (AvgIpc) is 2.38. The van der Waals surface area contributed by atoms with Crippen LogP contribution in [0.25, 0.3) is 6.08 Å². The minimum atomic E-state index is 0.454. The number of aromatic nitrogens is 1. The standard InChI is InChI=1S/C14H14N2O/c15-13-9-4-10-16-14(13)17-11-5-8-12-6-2-1-3-7-12/h1-10H,11,15H2/b8-5+. The average molecular weight is 226 g/mol. The lowest BCUT2D eigenvalue weighted by molar-refractivity contribution is 0.351. The SMILES string of the molecule is Nc1cccnc1OC/C=C/c1ccccc1. The Morgan fingerprint density at radius 3 is 2.71 bits per heavy atom. The quantitative estimate of drug-likeness (QED) is 0.872. The van der Waals surface area contributed by atoms with Gasteiger partial charge >= 0.3 is 0 Å². The number of hydrogen-bond acceptors (Lipinski definition) is 3. The van der Waals surface area contributed by atoms with Crippen molar-refractivity contribution in [3.05, 3.63) is 60.3 Å². The molecule has 0 bridgehead atoms. The largest absolute Gasteiger partial charge is 0.472 e. The summed E-state index contributed by atoms with van der Waals surface area (Å²) in [5.74, 6) is 0.477. The van der Waals surface area contributed by atoms with E-state index in [1.54, 1.807) is 18.3 Å². The van der Waals surface area contributed by atoms with Crippen molar-refractivity contribution in [2.75, 3.05) is 12.3 Å². The van der Waals surface area contributed by atoms with E-state index in [2.05, 4.69) is 4.98 Å². The lowest BCUT2D eigenvalue weighted by Gasteiger charge is -2.03. The number of ether oxygens (including phenoxy) is 1. The molecule has 0 aliphatic carbocycles. The van der Waals surface area contributed by atoms with Crippen LogP contribution < -0.4 is 10.5 Å². The lowest BCUT2D eigenvalue weighted by Crippen LogP contribution is -1.99. The number of anilines is 1. The fourth-order valence-corrected chi connectivity index (χ4v) is 1.40. The summed E-state index contributed by atoms with van der Waals surface area (Å²) in [5, 5.41) is 0. The smallest absolute Gasteiger partial charge is 0.237 e. The van der Waals surface area contributed by atoms with E-state index in [-0.39, 0.29) is 0 Å². The van der Waals surface area contributed by atoms with Gasteiger partial charge in [-0.15, -0.1) is 0 Å². The Balaban J connectivity index is 1.88. The molecule has 1 aromatic carbocycles. The number of benzene rings is 1. The zero-order valence-corrected chi connectivity index (χ0v) is 9.41. The van der Waals surface area contributed by atoms with Crippen molar-refractivity contribution in [1.82, 2.24) is 4.98 Å². The van der Waals surface area contributed by atoms with Crippen LogP contribution in [-0.4, -0.2) is 11.6 Å². The van der Waals surface area contributed by atoms with E-state index in [0.29, 0.717) is 18.2 Å². The first-order valence-electron chi connectivity index (χ1n) is 5.41. The highest BCUT2D eigenvalue weighted by Gasteiger charge is 1.97. The Bertz CT molecular complexity index is 495. The maximum absolute atomic E-state index is 5.70. The highest BCUT2D eigenvalue weighted by molar-refractivity contribution is 5.49. The van der Waals surface area contributed by atoms with E-state index in [1.165, 1.54) is 0 Å². The lowest BCUT2D eigenvalue weighted by atomic mass is 10.2. The van der Waals surface area contributed by atoms with Crippen molar-refractivity contribution in [2.45, 2.75) is 0 Å². The predicted molar refractivity (Wildman–Crippen MR) is 69.6 cm³/mol. The second-order valence-electron chi connectivity index (χ2n) is 3.52. The van der Waals surface area contributed by atoms with E-state index < -0.39 is 0 Å². The first-order chi connectivity index (χ1) is 8.36. The zero-order valence-electron chi connectivity index (χ0n) is 9.41. The van der Waals surface area contributed by atoms with Crippen LogP contribution in [0, 0.1) is 0 Å². The molecule has 0 aliphatic rings. The van der Waals surface area contributed by atoms with Gasteiger partial charge in [0.05, 0.1) is 5.69 Å². The first-order valence-corrected chi connectivity index (χ1v) is 5.41. The zero-order chi connectivity index (χ0) is 11.9. The molecule has 1 heterocycles. The molecule has 0 amide bonds. The van der Waals surface area contributed by atoms with Gasteiger partial charge < -0.3 is 10.5 Å². The van der Waals surface area contributed by atoms with Crippen LogP contribution in [0.4, 0.5) is 5.69 Å². The summed E-state index contributed by atoms with van der Waals surface area (Å²) in [7, 11) is 0. The third-order valence-corrected chi connectivity index (χ3v) is 2.23. The van der Waals surface area contributed by atoms with Gasteiger partial charge in [-0.3, -0.25) is 0 Å². The van der Waals surface area contributed by atoms with Gasteiger partial charge in [0, 0.05) is 6.20 Å². The summed E-state index contributed by atoms with van der Waals surface area (Å²) in [4.78, 5) is 4.04. The van der Waals surface area contributed by atoms with Crippen LogP contribution in [0.1, 0.15) is 5.56 Å². The van der Waals surface area contributed by atoms with Crippen molar-refractivity contribution in [2.24, 2.45) is 0 Å². The predicted octanol–water partition coefficient (Wildman–Crippen LogP) is 2.76. The summed E-state index contributed by atoms with van der Waals surface area (Å²) < 4.78 is 5.44. The molecule has 0 spiro atoms. The van der Waals surface area contributed by atoms with Crippen LogP contribution in [-0.2, 0) is 0 Å². The van der Waals surface area contributed by atoms with Gasteiger partial charge in [0.2, 0.25) is 5.88 Å². The van der Waals surface area contributed by atoms with E-state index in [0.717, 1.165) is 5.56 Å². The molecule has 0 fully saturated rings. The monoisotopic (exact) mass is 226 g/mol. The minimum absolute atomic E-state index is 0.454. The molecule has 0 unspecified atom stereocenters. The van der Waals surface area contributed by atoms with Gasteiger partial charge in [-0.1, -0.05) is 36.4 Å². The minimum Gasteiger partial charge on any atom is -0.472 e. The fourth-order valence-electron chi connectivity index (χ4n) is 1.40. The van der Waals surface area contributed by atoms with E-state index >= 15 is 0 Å².